The van der Waals surface area contributed by atoms with Gasteiger partial charge in [-0.1, -0.05) is 62.5 Å². The SMILES string of the molecule is O=C(NCCSCc1ccc(Cl)c(Cl)c1)C1CCCN(Cc2nc(-c3cccc(Br)c3)no2)C1. The third kappa shape index (κ3) is 7.21. The van der Waals surface area contributed by atoms with E-state index in [-0.39, 0.29) is 11.8 Å². The summed E-state index contributed by atoms with van der Waals surface area (Å²) in [5.74, 6) is 2.89. The van der Waals surface area contributed by atoms with E-state index in [1.807, 2.05) is 42.5 Å². The van der Waals surface area contributed by atoms with Crippen molar-refractivity contribution in [1.82, 2.24) is 20.4 Å². The number of piperidine rings is 1. The highest BCUT2D eigenvalue weighted by molar-refractivity contribution is 9.10. The van der Waals surface area contributed by atoms with E-state index in [9.17, 15) is 4.79 Å². The van der Waals surface area contributed by atoms with E-state index in [1.54, 1.807) is 11.8 Å². The minimum Gasteiger partial charge on any atom is -0.355 e. The summed E-state index contributed by atoms with van der Waals surface area (Å²) < 4.78 is 6.43. The Hall–Kier alpha value is -1.58. The molecule has 1 atom stereocenters. The molecular formula is C24H25BrCl2N4O2S. The Bertz CT molecular complexity index is 1130. The number of rotatable bonds is 9. The molecule has 180 valence electrons. The molecule has 1 N–H and O–H groups in total. The molecule has 10 heteroatoms. The van der Waals surface area contributed by atoms with Crippen molar-refractivity contribution < 1.29 is 9.32 Å². The number of hydrogen-bond acceptors (Lipinski definition) is 6. The van der Waals surface area contributed by atoms with Crippen LogP contribution in [0.3, 0.4) is 0 Å². The first-order chi connectivity index (χ1) is 16.5. The Morgan fingerprint density at radius 1 is 1.24 bits per heavy atom. The summed E-state index contributed by atoms with van der Waals surface area (Å²) in [4.78, 5) is 19.4. The number of amides is 1. The van der Waals surface area contributed by atoms with Crippen molar-refractivity contribution in [3.8, 4) is 11.4 Å². The molecule has 4 rings (SSSR count). The van der Waals surface area contributed by atoms with Gasteiger partial charge in [0.15, 0.2) is 0 Å². The lowest BCUT2D eigenvalue weighted by Crippen LogP contribution is -2.43. The lowest BCUT2D eigenvalue weighted by molar-refractivity contribution is -0.126. The Morgan fingerprint density at radius 2 is 2.12 bits per heavy atom. The number of nitrogens with zero attached hydrogens (tertiary/aromatic N) is 3. The number of thioether (sulfide) groups is 1. The van der Waals surface area contributed by atoms with Gasteiger partial charge < -0.3 is 9.84 Å². The Labute approximate surface area is 221 Å². The maximum atomic E-state index is 12.7. The normalized spacial score (nSPS) is 16.5. The molecule has 6 nitrogen and oxygen atoms in total. The van der Waals surface area contributed by atoms with Crippen LogP contribution in [0.15, 0.2) is 51.5 Å². The van der Waals surface area contributed by atoms with E-state index < -0.39 is 0 Å². The highest BCUT2D eigenvalue weighted by atomic mass is 79.9. The molecule has 1 aromatic heterocycles. The van der Waals surface area contributed by atoms with Crippen molar-refractivity contribution in [3.05, 3.63) is 68.4 Å². The van der Waals surface area contributed by atoms with Gasteiger partial charge >= 0.3 is 0 Å². The molecule has 1 saturated heterocycles. The summed E-state index contributed by atoms with van der Waals surface area (Å²) in [5.41, 5.74) is 2.02. The molecule has 1 unspecified atom stereocenters. The van der Waals surface area contributed by atoms with Crippen molar-refractivity contribution in [2.24, 2.45) is 5.92 Å². The fraction of sp³-hybridized carbons (Fsp3) is 0.375. The third-order valence-corrected chi connectivity index (χ3v) is 7.85. The van der Waals surface area contributed by atoms with E-state index >= 15 is 0 Å². The molecule has 0 bridgehead atoms. The number of halogens is 3. The summed E-state index contributed by atoms with van der Waals surface area (Å²) in [6, 6.07) is 13.5. The van der Waals surface area contributed by atoms with Gasteiger partial charge in [-0.2, -0.15) is 16.7 Å². The molecule has 0 saturated carbocycles. The van der Waals surface area contributed by atoms with Gasteiger partial charge in [0.05, 0.1) is 22.5 Å². The zero-order valence-corrected chi connectivity index (χ0v) is 22.4. The zero-order chi connectivity index (χ0) is 23.9. The Morgan fingerprint density at radius 3 is 2.94 bits per heavy atom. The highest BCUT2D eigenvalue weighted by Gasteiger charge is 2.26. The van der Waals surface area contributed by atoms with E-state index in [0.717, 1.165) is 46.5 Å². The first kappa shape index (κ1) is 25.5. The predicted octanol–water partition coefficient (Wildman–Crippen LogP) is 6.07. The Kier molecular flexibility index (Phi) is 9.31. The number of likely N-dealkylation sites (tertiary alicyclic amines) is 1. The van der Waals surface area contributed by atoms with E-state index in [1.165, 1.54) is 0 Å². The molecule has 34 heavy (non-hydrogen) atoms. The molecule has 2 heterocycles. The van der Waals surface area contributed by atoms with Crippen LogP contribution >= 0.6 is 50.9 Å². The van der Waals surface area contributed by atoms with Gasteiger partial charge in [-0.25, -0.2) is 0 Å². The number of aromatic nitrogens is 2. The monoisotopic (exact) mass is 582 g/mol. The minimum atomic E-state index is -0.0266. The van der Waals surface area contributed by atoms with Crippen molar-refractivity contribution in [1.29, 1.82) is 0 Å². The standard InChI is InChI=1S/C24H25BrCl2N4O2S/c25-19-5-1-3-17(12-19)23-29-22(33-30-23)14-31-9-2-4-18(13-31)24(32)28-8-10-34-15-16-6-7-20(26)21(27)11-16/h1,3,5-7,11-12,18H,2,4,8-10,13-15H2,(H,28,32). The fourth-order valence-corrected chi connectivity index (χ4v) is 5.40. The number of nitrogens with one attached hydrogen (secondary N) is 1. The van der Waals surface area contributed by atoms with Crippen LogP contribution in [-0.4, -0.2) is 46.3 Å². The van der Waals surface area contributed by atoms with Crippen LogP contribution in [0.5, 0.6) is 0 Å². The van der Waals surface area contributed by atoms with Gasteiger partial charge in [-0.15, -0.1) is 0 Å². The summed E-state index contributed by atoms with van der Waals surface area (Å²) in [6.07, 6.45) is 1.86. The summed E-state index contributed by atoms with van der Waals surface area (Å²) in [5, 5.41) is 8.32. The van der Waals surface area contributed by atoms with Gasteiger partial charge in [-0.05, 0) is 49.2 Å². The summed E-state index contributed by atoms with van der Waals surface area (Å²) >= 11 is 17.2. The lowest BCUT2D eigenvalue weighted by Gasteiger charge is -2.30. The molecule has 1 aliphatic heterocycles. The lowest BCUT2D eigenvalue weighted by atomic mass is 9.97. The predicted molar refractivity (Wildman–Crippen MR) is 141 cm³/mol. The number of carbonyl (C=O) groups is 1. The quantitative estimate of drug-likeness (QED) is 0.308. The van der Waals surface area contributed by atoms with Crippen LogP contribution in [-0.2, 0) is 17.1 Å². The van der Waals surface area contributed by atoms with E-state index in [2.05, 4.69) is 36.3 Å². The van der Waals surface area contributed by atoms with Gasteiger partial charge in [-0.3, -0.25) is 9.69 Å². The van der Waals surface area contributed by atoms with Gasteiger partial charge in [0.1, 0.15) is 0 Å². The topological polar surface area (TPSA) is 71.3 Å². The molecule has 0 radical (unpaired) electrons. The number of benzene rings is 2. The van der Waals surface area contributed by atoms with Crippen molar-refractivity contribution in [2.75, 3.05) is 25.4 Å². The fourth-order valence-electron chi connectivity index (χ4n) is 3.88. The summed E-state index contributed by atoms with van der Waals surface area (Å²) in [6.45, 7) is 2.79. The second kappa shape index (κ2) is 12.4. The maximum Gasteiger partial charge on any atom is 0.241 e. The molecule has 0 aliphatic carbocycles. The highest BCUT2D eigenvalue weighted by Crippen LogP contribution is 2.25. The number of carbonyl (C=O) groups excluding carboxylic acids is 1. The van der Waals surface area contributed by atoms with Gasteiger partial charge in [0.2, 0.25) is 17.6 Å². The average molecular weight is 584 g/mol. The summed E-state index contributed by atoms with van der Waals surface area (Å²) in [7, 11) is 0. The number of hydrogen-bond donors (Lipinski definition) is 1. The van der Waals surface area contributed by atoms with E-state index in [0.29, 0.717) is 41.4 Å². The minimum absolute atomic E-state index is 0.0266. The van der Waals surface area contributed by atoms with Crippen LogP contribution in [0.2, 0.25) is 10.0 Å². The zero-order valence-electron chi connectivity index (χ0n) is 18.5. The van der Waals surface area contributed by atoms with Gasteiger partial charge in [0, 0.05) is 34.6 Å². The van der Waals surface area contributed by atoms with Crippen LogP contribution in [0.1, 0.15) is 24.3 Å². The average Bonchev–Trinajstić information content (AvgIpc) is 3.29. The van der Waals surface area contributed by atoms with E-state index in [4.69, 9.17) is 27.7 Å². The van der Waals surface area contributed by atoms with Gasteiger partial charge in [0.25, 0.3) is 0 Å². The molecule has 1 aliphatic rings. The molecule has 3 aromatic rings. The van der Waals surface area contributed by atoms with Crippen LogP contribution in [0, 0.1) is 5.92 Å². The first-order valence-electron chi connectivity index (χ1n) is 11.1. The Balaban J connectivity index is 1.19. The van der Waals surface area contributed by atoms with Crippen LogP contribution in [0.25, 0.3) is 11.4 Å². The largest absolute Gasteiger partial charge is 0.355 e. The molecule has 2 aromatic carbocycles. The maximum absolute atomic E-state index is 12.7. The van der Waals surface area contributed by atoms with Crippen molar-refractivity contribution >= 4 is 56.8 Å². The van der Waals surface area contributed by atoms with Crippen molar-refractivity contribution in [2.45, 2.75) is 25.1 Å². The second-order valence-electron chi connectivity index (χ2n) is 8.19. The second-order valence-corrected chi connectivity index (χ2v) is 11.0. The van der Waals surface area contributed by atoms with Crippen LogP contribution < -0.4 is 5.32 Å². The molecular weight excluding hydrogens is 559 g/mol. The first-order valence-corrected chi connectivity index (χ1v) is 13.8. The third-order valence-electron chi connectivity index (χ3n) is 5.58. The van der Waals surface area contributed by atoms with Crippen molar-refractivity contribution in [3.63, 3.8) is 0 Å². The smallest absolute Gasteiger partial charge is 0.241 e. The molecule has 1 amide bonds. The molecule has 0 spiro atoms. The molecule has 1 fully saturated rings. The van der Waals surface area contributed by atoms with Crippen LogP contribution in [0.4, 0.5) is 0 Å².